The number of carbonyl (C=O) groups excluding carboxylic acids is 4. The average Bonchev–Trinajstić information content (AvgIpc) is 3.53. The van der Waals surface area contributed by atoms with Gasteiger partial charge in [0.15, 0.2) is 6.10 Å². The van der Waals surface area contributed by atoms with E-state index in [0.29, 0.717) is 0 Å². The topological polar surface area (TPSA) is 181 Å². The molecule has 2 bridgehead atoms. The van der Waals surface area contributed by atoms with Gasteiger partial charge in [0.05, 0.1) is 40.6 Å². The minimum absolute atomic E-state index is 0.0229. The smallest absolute Gasteiger partial charge is 0.341 e. The first-order chi connectivity index (χ1) is 20.2. The number of furan rings is 1. The Morgan fingerprint density at radius 1 is 1.02 bits per heavy atom. The summed E-state index contributed by atoms with van der Waals surface area (Å²) in [6.45, 7) is 6.39. The Morgan fingerprint density at radius 2 is 1.74 bits per heavy atom. The van der Waals surface area contributed by atoms with Crippen molar-refractivity contribution in [2.24, 2.45) is 11.3 Å². The van der Waals surface area contributed by atoms with Crippen LogP contribution in [0.1, 0.15) is 68.2 Å². The lowest BCUT2D eigenvalue weighted by molar-refractivity contribution is -0.347. The Bertz CT molecular complexity index is 1390. The summed E-state index contributed by atoms with van der Waals surface area (Å²) in [4.78, 5) is 55.8. The first-order valence-electron chi connectivity index (χ1n) is 13.9. The van der Waals surface area contributed by atoms with Crippen LogP contribution in [0.2, 0.25) is 0 Å². The Hall–Kier alpha value is -3.81. The Labute approximate surface area is 247 Å². The summed E-state index contributed by atoms with van der Waals surface area (Å²) in [6.07, 6.45) is -0.645. The van der Waals surface area contributed by atoms with E-state index in [1.165, 1.54) is 50.0 Å². The SMILES string of the molecule is CC(=O)OC[C@@]12[C@@H](OC(=O)c3ccoc3)CC[C@](C)(O)[C@]13OC(C)(C)[C@H]([C@@H](OC(=O)c1cccnc1)[C@H]2OC(C)=O)[C@H]3O. The third kappa shape index (κ3) is 4.70. The number of aliphatic hydroxyl groups excluding tert-OH is 1. The number of esters is 4. The van der Waals surface area contributed by atoms with Crippen LogP contribution in [0.5, 0.6) is 0 Å². The molecule has 3 heterocycles. The second-order valence-electron chi connectivity index (χ2n) is 12.1. The molecule has 0 amide bonds. The molecule has 1 spiro atoms. The van der Waals surface area contributed by atoms with Crippen molar-refractivity contribution >= 4 is 23.9 Å². The number of aromatic nitrogens is 1. The van der Waals surface area contributed by atoms with Gasteiger partial charge in [-0.05, 0) is 51.8 Å². The number of nitrogens with zero attached hydrogens (tertiary/aromatic N) is 1. The Kier molecular flexibility index (Phi) is 7.64. The quantitative estimate of drug-likeness (QED) is 0.348. The van der Waals surface area contributed by atoms with E-state index < -0.39 is 83.0 Å². The molecule has 5 rings (SSSR count). The first-order valence-corrected chi connectivity index (χ1v) is 13.9. The second kappa shape index (κ2) is 10.7. The minimum Gasteiger partial charge on any atom is -0.472 e. The van der Waals surface area contributed by atoms with Gasteiger partial charge in [0.1, 0.15) is 36.1 Å². The van der Waals surface area contributed by atoms with Crippen LogP contribution in [0.4, 0.5) is 0 Å². The van der Waals surface area contributed by atoms with Crippen LogP contribution in [0.3, 0.4) is 0 Å². The maximum atomic E-state index is 13.5. The maximum Gasteiger partial charge on any atom is 0.341 e. The molecule has 3 fully saturated rings. The molecular weight excluding hydrogens is 566 g/mol. The lowest BCUT2D eigenvalue weighted by Crippen LogP contribution is -2.83. The number of rotatable bonds is 7. The summed E-state index contributed by atoms with van der Waals surface area (Å²) >= 11 is 0. The number of carbonyl (C=O) groups is 4. The van der Waals surface area contributed by atoms with Gasteiger partial charge in [-0.15, -0.1) is 0 Å². The minimum atomic E-state index is -2.04. The zero-order valence-corrected chi connectivity index (χ0v) is 24.5. The lowest BCUT2D eigenvalue weighted by Gasteiger charge is -2.65. The third-order valence-electron chi connectivity index (χ3n) is 9.06. The van der Waals surface area contributed by atoms with Gasteiger partial charge in [-0.25, -0.2) is 9.59 Å². The van der Waals surface area contributed by atoms with Crippen molar-refractivity contribution in [1.29, 1.82) is 0 Å². The highest BCUT2D eigenvalue weighted by molar-refractivity contribution is 5.89. The van der Waals surface area contributed by atoms with E-state index in [1.54, 1.807) is 13.8 Å². The van der Waals surface area contributed by atoms with Crippen LogP contribution in [0, 0.1) is 11.3 Å². The van der Waals surface area contributed by atoms with Crippen LogP contribution in [0.25, 0.3) is 0 Å². The molecule has 1 aliphatic heterocycles. The van der Waals surface area contributed by atoms with Gasteiger partial charge in [0.25, 0.3) is 0 Å². The molecular formula is C30H35NO12. The summed E-state index contributed by atoms with van der Waals surface area (Å²) in [5.41, 5.74) is -7.02. The molecule has 13 nitrogen and oxygen atoms in total. The summed E-state index contributed by atoms with van der Waals surface area (Å²) < 4.78 is 35.2. The van der Waals surface area contributed by atoms with Gasteiger partial charge < -0.3 is 38.3 Å². The molecule has 3 aliphatic rings. The molecule has 0 radical (unpaired) electrons. The monoisotopic (exact) mass is 601 g/mol. The molecule has 2 aliphatic carbocycles. The number of fused-ring (bicyclic) bond motifs is 1. The summed E-state index contributed by atoms with van der Waals surface area (Å²) in [6, 6.07) is 4.40. The highest BCUT2D eigenvalue weighted by Gasteiger charge is 2.86. The van der Waals surface area contributed by atoms with Crippen LogP contribution in [-0.4, -0.2) is 86.9 Å². The van der Waals surface area contributed by atoms with Crippen LogP contribution < -0.4 is 0 Å². The first kappa shape index (κ1) is 30.6. The second-order valence-corrected chi connectivity index (χ2v) is 12.1. The van der Waals surface area contributed by atoms with Crippen LogP contribution in [0.15, 0.2) is 47.5 Å². The van der Waals surface area contributed by atoms with Gasteiger partial charge in [0.2, 0.25) is 0 Å². The molecule has 8 atom stereocenters. The normalized spacial score (nSPS) is 35.7. The lowest BCUT2D eigenvalue weighted by atomic mass is 9.46. The molecule has 0 aromatic carbocycles. The fourth-order valence-corrected chi connectivity index (χ4v) is 7.43. The van der Waals surface area contributed by atoms with Crippen molar-refractivity contribution in [2.45, 2.75) is 88.7 Å². The zero-order chi connectivity index (χ0) is 31.4. The standard InChI is InChI=1S/C30H35NO12/c1-16(32)39-15-29-20(41-26(36)19-9-12-38-14-19)8-10-28(5,37)30(29)23(34)21(27(3,4)43-30)22(24(29)40-17(2)33)42-25(35)18-7-6-11-31-13-18/h6-7,9,11-14,20-24,34,37H,8,10,15H2,1-5H3/t20-,21+,22+,23+,24+,28-,29-,30-/m0/s1. The highest BCUT2D eigenvalue weighted by atomic mass is 16.6. The van der Waals surface area contributed by atoms with Crippen LogP contribution >= 0.6 is 0 Å². The molecule has 2 aromatic heterocycles. The average molecular weight is 602 g/mol. The van der Waals surface area contributed by atoms with Crippen molar-refractivity contribution in [3.05, 3.63) is 54.2 Å². The molecule has 43 heavy (non-hydrogen) atoms. The fraction of sp³-hybridized carbons (Fsp3) is 0.567. The van der Waals surface area contributed by atoms with Gasteiger partial charge >= 0.3 is 23.9 Å². The van der Waals surface area contributed by atoms with E-state index in [4.69, 9.17) is 28.1 Å². The van der Waals surface area contributed by atoms with Gasteiger partial charge in [0, 0.05) is 26.2 Å². The van der Waals surface area contributed by atoms with Gasteiger partial charge in [-0.1, -0.05) is 0 Å². The Morgan fingerprint density at radius 3 is 2.35 bits per heavy atom. The number of ether oxygens (including phenoxy) is 5. The molecule has 232 valence electrons. The predicted octanol–water partition coefficient (Wildman–Crippen LogP) is 1.99. The maximum absolute atomic E-state index is 13.5. The predicted molar refractivity (Wildman–Crippen MR) is 143 cm³/mol. The van der Waals surface area contributed by atoms with Crippen molar-refractivity contribution in [3.8, 4) is 0 Å². The van der Waals surface area contributed by atoms with Crippen molar-refractivity contribution in [3.63, 3.8) is 0 Å². The molecule has 2 saturated carbocycles. The molecule has 0 unspecified atom stereocenters. The molecule has 2 N–H and O–H groups in total. The van der Waals surface area contributed by atoms with E-state index >= 15 is 0 Å². The van der Waals surface area contributed by atoms with Gasteiger partial charge in [-0.3, -0.25) is 14.6 Å². The van der Waals surface area contributed by atoms with Crippen LogP contribution in [-0.2, 0) is 33.3 Å². The summed E-state index contributed by atoms with van der Waals surface area (Å²) in [5.74, 6) is -4.26. The third-order valence-corrected chi connectivity index (χ3v) is 9.06. The van der Waals surface area contributed by atoms with E-state index in [0.717, 1.165) is 13.8 Å². The molecule has 2 aromatic rings. The molecule has 1 saturated heterocycles. The van der Waals surface area contributed by atoms with Crippen molar-refractivity contribution < 1.29 is 57.5 Å². The van der Waals surface area contributed by atoms with Crippen molar-refractivity contribution in [2.75, 3.05) is 6.61 Å². The largest absolute Gasteiger partial charge is 0.472 e. The highest BCUT2D eigenvalue weighted by Crippen LogP contribution is 2.68. The van der Waals surface area contributed by atoms with E-state index in [-0.39, 0.29) is 24.0 Å². The summed E-state index contributed by atoms with van der Waals surface area (Å²) in [7, 11) is 0. The van der Waals surface area contributed by atoms with E-state index in [1.807, 2.05) is 0 Å². The van der Waals surface area contributed by atoms with E-state index in [2.05, 4.69) is 4.98 Å². The number of pyridine rings is 1. The number of hydrogen-bond acceptors (Lipinski definition) is 13. The fourth-order valence-electron chi connectivity index (χ4n) is 7.43. The molecule has 13 heteroatoms. The summed E-state index contributed by atoms with van der Waals surface area (Å²) in [5, 5.41) is 24.3. The van der Waals surface area contributed by atoms with E-state index in [9.17, 15) is 29.4 Å². The zero-order valence-electron chi connectivity index (χ0n) is 24.5. The number of hydrogen-bond donors (Lipinski definition) is 2. The Balaban J connectivity index is 1.75. The van der Waals surface area contributed by atoms with Crippen molar-refractivity contribution in [1.82, 2.24) is 4.98 Å². The van der Waals surface area contributed by atoms with Gasteiger partial charge in [-0.2, -0.15) is 0 Å². The number of aliphatic hydroxyl groups is 2.